The van der Waals surface area contributed by atoms with Crippen molar-refractivity contribution in [3.63, 3.8) is 0 Å². The number of thioether (sulfide) groups is 1. The highest BCUT2D eigenvalue weighted by molar-refractivity contribution is 8.03. The smallest absolute Gasteiger partial charge is 0.213 e. The zero-order chi connectivity index (χ0) is 26.7. The molecule has 0 bridgehead atoms. The monoisotopic (exact) mass is 546 g/mol. The fourth-order valence-corrected chi connectivity index (χ4v) is 5.09. The van der Waals surface area contributed by atoms with Crippen LogP contribution in [0.2, 0.25) is 0 Å². The lowest BCUT2D eigenvalue weighted by molar-refractivity contribution is -2.00. The van der Waals surface area contributed by atoms with Crippen LogP contribution in [0.4, 0.5) is 5.69 Å². The Balaban J connectivity index is 0.000000695. The summed E-state index contributed by atoms with van der Waals surface area (Å²) in [6, 6.07) is 19.0. The number of nitrogens with one attached hydrogen (secondary N) is 1. The van der Waals surface area contributed by atoms with E-state index in [4.69, 9.17) is 24.4 Å². The van der Waals surface area contributed by atoms with Crippen molar-refractivity contribution in [2.45, 2.75) is 17.9 Å². The number of para-hydroxylation sites is 2. The molecule has 3 aromatic rings. The van der Waals surface area contributed by atoms with Crippen LogP contribution in [0.15, 0.2) is 82.9 Å². The molecule has 198 valence electrons. The topological polar surface area (TPSA) is 158 Å². The van der Waals surface area contributed by atoms with Crippen LogP contribution >= 0.6 is 11.8 Å². The zero-order valence-electron chi connectivity index (χ0n) is 20.3. The molecule has 9 nitrogen and oxygen atoms in total. The normalized spacial score (nSPS) is 14.3. The van der Waals surface area contributed by atoms with E-state index in [0.717, 1.165) is 31.6 Å². The fourth-order valence-electron chi connectivity index (χ4n) is 3.99. The molecule has 0 aliphatic carbocycles. The zero-order valence-corrected chi connectivity index (χ0v) is 21.9. The second kappa shape index (κ2) is 14.4. The average molecular weight is 547 g/mol. The maximum atomic E-state index is 9.36. The van der Waals surface area contributed by atoms with Crippen molar-refractivity contribution in [3.8, 4) is 0 Å². The van der Waals surface area contributed by atoms with Gasteiger partial charge < -0.3 is 21.1 Å². The number of pyridine rings is 1. The number of aromatic nitrogens is 1. The number of halogens is 1. The molecule has 1 aliphatic heterocycles. The first kappa shape index (κ1) is 29.1. The number of nitrogens with two attached hydrogens (primary N) is 1. The van der Waals surface area contributed by atoms with Crippen LogP contribution in [-0.4, -0.2) is 37.9 Å². The van der Waals surface area contributed by atoms with E-state index in [1.54, 1.807) is 0 Å². The highest BCUT2D eigenvalue weighted by atomic mass is 35.7. The van der Waals surface area contributed by atoms with Gasteiger partial charge in [0, 0.05) is 36.7 Å². The number of hydrogen-bond acceptors (Lipinski definition) is 9. The lowest BCUT2D eigenvalue weighted by Gasteiger charge is -2.20. The highest BCUT2D eigenvalue weighted by Gasteiger charge is 2.23. The van der Waals surface area contributed by atoms with E-state index in [1.807, 2.05) is 24.0 Å². The lowest BCUT2D eigenvalue weighted by atomic mass is 10.1. The number of aliphatic hydroxyl groups excluding tert-OH is 1. The van der Waals surface area contributed by atoms with Crippen molar-refractivity contribution in [2.24, 2.45) is 5.73 Å². The van der Waals surface area contributed by atoms with Crippen LogP contribution in [0, 0.1) is 10.2 Å². The molecule has 4 rings (SSSR count). The molecule has 0 fully saturated rings. The molecule has 1 aliphatic rings. The molecule has 11 heteroatoms. The van der Waals surface area contributed by atoms with Gasteiger partial charge in [0.15, 0.2) is 12.7 Å². The van der Waals surface area contributed by atoms with Gasteiger partial charge in [0.2, 0.25) is 5.52 Å². The number of allylic oxidation sites excluding steroid dienone is 2. The van der Waals surface area contributed by atoms with Gasteiger partial charge >= 0.3 is 0 Å². The molecule has 0 spiro atoms. The Morgan fingerprint density at radius 3 is 2.51 bits per heavy atom. The van der Waals surface area contributed by atoms with Crippen LogP contribution < -0.4 is 39.2 Å². The van der Waals surface area contributed by atoms with Gasteiger partial charge in [-0.15, -0.1) is 10.2 Å². The standard InChI is InChI=1S/C26H31N4OS.ClHO4/c27-14-16-28-15-6-17-30-24-10-3-4-11-25(24)32-26(30)12-5-7-21-13-18-29(19-20-31)23-9-2-1-8-22(21)23;2-1(3,4)5/h1-5,7-13,18,28,31H,6,14-17,19-20,27H2;(H,2,3,4,5)/q+1;/p-1. The van der Waals surface area contributed by atoms with Gasteiger partial charge in [0.1, 0.15) is 6.61 Å². The minimum absolute atomic E-state index is 0.130. The van der Waals surface area contributed by atoms with E-state index >= 15 is 0 Å². The molecule has 37 heavy (non-hydrogen) atoms. The molecule has 0 unspecified atom stereocenters. The predicted octanol–water partition coefficient (Wildman–Crippen LogP) is -1.23. The van der Waals surface area contributed by atoms with Gasteiger partial charge in [-0.05, 0) is 42.8 Å². The minimum Gasteiger partial charge on any atom is -0.390 e. The molecule has 2 heterocycles. The van der Waals surface area contributed by atoms with Crippen molar-refractivity contribution in [2.75, 3.05) is 37.7 Å². The van der Waals surface area contributed by atoms with Crippen LogP contribution in [0.5, 0.6) is 0 Å². The number of benzene rings is 2. The predicted molar refractivity (Wildman–Crippen MR) is 135 cm³/mol. The number of aliphatic hydroxyl groups is 1. The Labute approximate surface area is 222 Å². The first-order chi connectivity index (χ1) is 17.8. The quantitative estimate of drug-likeness (QED) is 0.209. The van der Waals surface area contributed by atoms with Crippen molar-refractivity contribution in [1.29, 1.82) is 0 Å². The second-order valence-corrected chi connectivity index (χ2v) is 9.88. The van der Waals surface area contributed by atoms with Gasteiger partial charge in [0.05, 0.1) is 16.1 Å². The maximum absolute atomic E-state index is 9.36. The Bertz CT molecular complexity index is 1210. The molecular formula is C26H31ClN4O5S. The molecule has 0 atom stereocenters. The van der Waals surface area contributed by atoms with Crippen LogP contribution in [0.1, 0.15) is 12.0 Å². The molecular weight excluding hydrogens is 516 g/mol. The number of fused-ring (bicyclic) bond motifs is 2. The Kier molecular flexibility index (Phi) is 11.3. The van der Waals surface area contributed by atoms with Gasteiger partial charge in [-0.3, -0.25) is 0 Å². The van der Waals surface area contributed by atoms with Gasteiger partial charge in [-0.2, -0.15) is 4.57 Å². The second-order valence-electron chi connectivity index (χ2n) is 8.06. The summed E-state index contributed by atoms with van der Waals surface area (Å²) in [4.78, 5) is 3.71. The number of hydrogen-bond donors (Lipinski definition) is 3. The van der Waals surface area contributed by atoms with Crippen LogP contribution in [0.3, 0.4) is 0 Å². The van der Waals surface area contributed by atoms with E-state index < -0.39 is 10.2 Å². The summed E-state index contributed by atoms with van der Waals surface area (Å²) in [6.45, 7) is 4.20. The van der Waals surface area contributed by atoms with Crippen molar-refractivity contribution in [3.05, 3.63) is 83.5 Å². The van der Waals surface area contributed by atoms with E-state index in [9.17, 15) is 5.11 Å². The number of anilines is 1. The molecule has 0 radical (unpaired) electrons. The van der Waals surface area contributed by atoms with Crippen molar-refractivity contribution >= 4 is 34.4 Å². The summed E-state index contributed by atoms with van der Waals surface area (Å²) in [5.74, 6) is 0. The fraction of sp³-hybridized carbons (Fsp3) is 0.269. The maximum Gasteiger partial charge on any atom is 0.213 e. The molecule has 1 aromatic heterocycles. The largest absolute Gasteiger partial charge is 0.390 e. The number of rotatable bonds is 10. The third-order valence-electron chi connectivity index (χ3n) is 5.51. The summed E-state index contributed by atoms with van der Waals surface area (Å²) in [6.07, 6.45) is 9.63. The molecule has 0 saturated carbocycles. The third-order valence-corrected chi connectivity index (χ3v) is 6.64. The Hall–Kier alpha value is -2.51. The van der Waals surface area contributed by atoms with Crippen molar-refractivity contribution < 1.29 is 38.6 Å². The summed E-state index contributed by atoms with van der Waals surface area (Å²) in [5, 5.41) is 15.2. The first-order valence-electron chi connectivity index (χ1n) is 11.8. The van der Waals surface area contributed by atoms with E-state index in [-0.39, 0.29) is 6.61 Å². The Morgan fingerprint density at radius 1 is 1.03 bits per heavy atom. The van der Waals surface area contributed by atoms with E-state index in [2.05, 4.69) is 81.5 Å². The molecule has 2 aromatic carbocycles. The summed E-state index contributed by atoms with van der Waals surface area (Å²) in [7, 11) is -4.94. The molecule has 0 amide bonds. The van der Waals surface area contributed by atoms with Crippen molar-refractivity contribution in [1.82, 2.24) is 5.32 Å². The minimum atomic E-state index is -4.94. The highest BCUT2D eigenvalue weighted by Crippen LogP contribution is 2.45. The van der Waals surface area contributed by atoms with E-state index in [0.29, 0.717) is 13.1 Å². The number of nitrogens with zero attached hydrogens (tertiary/aromatic N) is 2. The summed E-state index contributed by atoms with van der Waals surface area (Å²) < 4.78 is 36.1. The lowest BCUT2D eigenvalue weighted by Crippen LogP contribution is -2.68. The molecule has 4 N–H and O–H groups in total. The first-order valence-corrected chi connectivity index (χ1v) is 13.8. The van der Waals surface area contributed by atoms with E-state index in [1.165, 1.54) is 26.6 Å². The van der Waals surface area contributed by atoms with Crippen LogP contribution in [-0.2, 0) is 6.54 Å². The molecule has 0 saturated heterocycles. The summed E-state index contributed by atoms with van der Waals surface area (Å²) in [5.41, 5.74) is 9.16. The van der Waals surface area contributed by atoms with Gasteiger partial charge in [0.25, 0.3) is 0 Å². The van der Waals surface area contributed by atoms with Gasteiger partial charge in [-0.25, -0.2) is 18.6 Å². The SMILES string of the molecule is NCCNCCCN1C(=CC=Cc2cc[n+](CCO)c3ccccc23)Sc2ccccc21.[O-][Cl+3]([O-])([O-])[O-]. The van der Waals surface area contributed by atoms with Gasteiger partial charge in [-0.1, -0.05) is 48.2 Å². The summed E-state index contributed by atoms with van der Waals surface area (Å²) >= 11 is 1.82. The third kappa shape index (κ3) is 9.08. The average Bonchev–Trinajstić information content (AvgIpc) is 3.21. The van der Waals surface area contributed by atoms with Crippen LogP contribution in [0.25, 0.3) is 17.0 Å². The Morgan fingerprint density at radius 2 is 1.76 bits per heavy atom.